The molecule has 1 saturated heterocycles. The predicted molar refractivity (Wildman–Crippen MR) is 118 cm³/mol. The lowest BCUT2D eigenvalue weighted by atomic mass is 9.97. The van der Waals surface area contributed by atoms with Crippen LogP contribution in [-0.4, -0.2) is 65.8 Å². The number of benzene rings is 1. The van der Waals surface area contributed by atoms with Gasteiger partial charge in [-0.3, -0.25) is 4.98 Å². The second-order valence-electron chi connectivity index (χ2n) is 7.38. The van der Waals surface area contributed by atoms with Gasteiger partial charge >= 0.3 is 0 Å². The maximum atomic E-state index is 13.2. The number of nitrogens with one attached hydrogen (secondary N) is 2. The molecule has 0 unspecified atom stereocenters. The first-order valence-electron chi connectivity index (χ1n) is 9.57. The quantitative estimate of drug-likeness (QED) is 0.280. The molecule has 1 aliphatic rings. The summed E-state index contributed by atoms with van der Waals surface area (Å²) in [5.74, 6) is 0.0329. The van der Waals surface area contributed by atoms with E-state index in [9.17, 15) is 16.8 Å². The first-order chi connectivity index (χ1) is 15.7. The number of sulfone groups is 1. The summed E-state index contributed by atoms with van der Waals surface area (Å²) in [6, 6.07) is 6.11. The van der Waals surface area contributed by atoms with E-state index in [2.05, 4.69) is 35.9 Å². The van der Waals surface area contributed by atoms with Crippen LogP contribution in [0.4, 0.5) is 5.82 Å². The molecule has 1 aromatic carbocycles. The zero-order valence-electron chi connectivity index (χ0n) is 16.8. The van der Waals surface area contributed by atoms with Crippen LogP contribution >= 0.6 is 0 Å². The number of sulfonamides is 1. The van der Waals surface area contributed by atoms with E-state index in [-0.39, 0.29) is 35.9 Å². The van der Waals surface area contributed by atoms with Crippen LogP contribution in [0.3, 0.4) is 0 Å². The van der Waals surface area contributed by atoms with E-state index < -0.39 is 34.9 Å². The molecular weight excluding hydrogens is 470 g/mol. The molecule has 0 saturated carbocycles. The van der Waals surface area contributed by atoms with E-state index in [4.69, 9.17) is 10.9 Å². The van der Waals surface area contributed by atoms with Crippen molar-refractivity contribution in [2.45, 2.75) is 15.0 Å². The highest BCUT2D eigenvalue weighted by Crippen LogP contribution is 2.41. The number of pyridine rings is 2. The highest BCUT2D eigenvalue weighted by molar-refractivity contribution is 7.94. The highest BCUT2D eigenvalue weighted by Gasteiger charge is 2.38. The van der Waals surface area contributed by atoms with Crippen molar-refractivity contribution in [2.75, 3.05) is 18.8 Å². The number of fused-ring (bicyclic) bond motifs is 1. The van der Waals surface area contributed by atoms with Crippen molar-refractivity contribution >= 4 is 36.6 Å². The summed E-state index contributed by atoms with van der Waals surface area (Å²) < 4.78 is 52.1. The van der Waals surface area contributed by atoms with Crippen molar-refractivity contribution in [2.24, 2.45) is 5.14 Å². The first kappa shape index (κ1) is 21.3. The Kier molecular flexibility index (Phi) is 4.86. The number of nitrogens with two attached hydrogens (primary N) is 2. The van der Waals surface area contributed by atoms with E-state index in [1.54, 1.807) is 18.3 Å². The van der Waals surface area contributed by atoms with Crippen molar-refractivity contribution in [3.8, 4) is 22.5 Å². The molecule has 0 aliphatic carbocycles. The molecule has 13 nitrogen and oxygen atoms in total. The Labute approximate surface area is 187 Å². The maximum Gasteiger partial charge on any atom is 0.240 e. The number of hydrogen-bond acceptors (Lipinski definition) is 11. The topological polar surface area (TPSA) is 213 Å². The number of hydrogen-bond donors (Lipinski definition) is 4. The van der Waals surface area contributed by atoms with Crippen molar-refractivity contribution in [3.63, 3.8) is 0 Å². The van der Waals surface area contributed by atoms with Crippen LogP contribution in [0.15, 0.2) is 46.5 Å². The van der Waals surface area contributed by atoms with Gasteiger partial charge in [-0.25, -0.2) is 27.0 Å². The fraction of sp³-hybridized carbons (Fsp3) is 0.167. The van der Waals surface area contributed by atoms with Crippen LogP contribution in [-0.2, 0) is 19.9 Å². The summed E-state index contributed by atoms with van der Waals surface area (Å²) in [5, 5.41) is 21.8. The smallest absolute Gasteiger partial charge is 0.240 e. The van der Waals surface area contributed by atoms with Gasteiger partial charge in [-0.2, -0.15) is 5.21 Å². The minimum Gasteiger partial charge on any atom is -0.382 e. The molecule has 0 bridgehead atoms. The molecule has 6 N–H and O–H groups in total. The molecule has 3 aromatic heterocycles. The third-order valence-electron chi connectivity index (χ3n) is 5.43. The number of H-pyrrole nitrogens is 1. The molecule has 4 heterocycles. The molecule has 0 spiro atoms. The summed E-state index contributed by atoms with van der Waals surface area (Å²) in [6.45, 7) is 0.397. The van der Waals surface area contributed by atoms with Gasteiger partial charge in [0.25, 0.3) is 0 Å². The molecule has 33 heavy (non-hydrogen) atoms. The Balaban J connectivity index is 1.92. The molecule has 0 atom stereocenters. The number of anilines is 1. The van der Waals surface area contributed by atoms with Gasteiger partial charge in [-0.1, -0.05) is 12.1 Å². The molecule has 0 radical (unpaired) electrons. The van der Waals surface area contributed by atoms with Crippen LogP contribution in [0.25, 0.3) is 33.4 Å². The number of primary sulfonamides is 1. The predicted octanol–water partition coefficient (Wildman–Crippen LogP) is -0.548. The van der Waals surface area contributed by atoms with E-state index in [0.717, 1.165) is 0 Å². The van der Waals surface area contributed by atoms with Gasteiger partial charge in [0.05, 0.1) is 15.7 Å². The van der Waals surface area contributed by atoms with Gasteiger partial charge in [0.2, 0.25) is 15.8 Å². The standard InChI is InChI=1S/C18H17N9O4S2/c19-17-15-11(2-1-5-22-15)12(8-23-17)10-3-4-13(32(28,29)9-6-21-7-9)16(33(20,30)31)14(10)18-24-26-27-25-18/h1-5,8-9,21H,6-7H2,(H2,19,23)(H2,20,30,31)(H,24,25,26,27). The minimum absolute atomic E-state index is 0.115. The molecule has 15 heteroatoms. The van der Waals surface area contributed by atoms with Crippen molar-refractivity contribution in [3.05, 3.63) is 36.7 Å². The van der Waals surface area contributed by atoms with E-state index in [1.165, 1.54) is 18.3 Å². The fourth-order valence-electron chi connectivity index (χ4n) is 3.75. The summed E-state index contributed by atoms with van der Waals surface area (Å²) >= 11 is 0. The number of nitrogens with zero attached hydrogens (tertiary/aromatic N) is 5. The molecule has 1 fully saturated rings. The second kappa shape index (κ2) is 7.51. The number of nitrogen functional groups attached to an aromatic ring is 1. The minimum atomic E-state index is -4.56. The van der Waals surface area contributed by atoms with Crippen LogP contribution < -0.4 is 16.2 Å². The average Bonchev–Trinajstić information content (AvgIpc) is 3.26. The van der Waals surface area contributed by atoms with Gasteiger partial charge in [-0.05, 0) is 22.9 Å². The van der Waals surface area contributed by atoms with E-state index in [1.807, 2.05) is 0 Å². The molecule has 4 aromatic rings. The van der Waals surface area contributed by atoms with Crippen molar-refractivity contribution in [1.29, 1.82) is 0 Å². The van der Waals surface area contributed by atoms with Crippen molar-refractivity contribution in [1.82, 2.24) is 35.9 Å². The molecule has 170 valence electrons. The Morgan fingerprint density at radius 3 is 2.45 bits per heavy atom. The normalized spacial score (nSPS) is 14.9. The van der Waals surface area contributed by atoms with E-state index in [0.29, 0.717) is 16.5 Å². The lowest BCUT2D eigenvalue weighted by Crippen LogP contribution is -2.51. The fourth-order valence-corrected chi connectivity index (χ4v) is 6.93. The monoisotopic (exact) mass is 487 g/mol. The largest absolute Gasteiger partial charge is 0.382 e. The number of rotatable bonds is 5. The maximum absolute atomic E-state index is 13.2. The Morgan fingerprint density at radius 1 is 1.03 bits per heavy atom. The van der Waals surface area contributed by atoms with Gasteiger partial charge in [0, 0.05) is 36.4 Å². The second-order valence-corrected chi connectivity index (χ2v) is 11.1. The summed E-state index contributed by atoms with van der Waals surface area (Å²) in [6.07, 6.45) is 2.98. The Bertz CT molecular complexity index is 1600. The average molecular weight is 488 g/mol. The lowest BCUT2D eigenvalue weighted by Gasteiger charge is -2.28. The highest BCUT2D eigenvalue weighted by atomic mass is 32.2. The van der Waals surface area contributed by atoms with Gasteiger partial charge in [-0.15, -0.1) is 10.2 Å². The summed E-state index contributed by atoms with van der Waals surface area (Å²) in [4.78, 5) is 7.38. The molecule has 1 aliphatic heterocycles. The first-order valence-corrected chi connectivity index (χ1v) is 12.7. The van der Waals surface area contributed by atoms with E-state index >= 15 is 0 Å². The van der Waals surface area contributed by atoms with Gasteiger partial charge in [0.1, 0.15) is 16.2 Å². The third-order valence-corrected chi connectivity index (χ3v) is 8.71. The number of aromatic amines is 1. The van der Waals surface area contributed by atoms with Gasteiger partial charge in [0.15, 0.2) is 9.84 Å². The zero-order valence-corrected chi connectivity index (χ0v) is 18.4. The number of tetrazole rings is 1. The SMILES string of the molecule is Nc1ncc(-c2ccc(S(=O)(=O)C3CNC3)c(S(N)(=O)=O)c2-c2nn[nH]n2)c2cccnc12. The summed E-state index contributed by atoms with van der Waals surface area (Å²) in [7, 11) is -8.60. The zero-order chi connectivity index (χ0) is 23.4. The van der Waals surface area contributed by atoms with Crippen LogP contribution in [0.2, 0.25) is 0 Å². The number of aromatic nitrogens is 6. The third kappa shape index (κ3) is 3.41. The lowest BCUT2D eigenvalue weighted by molar-refractivity contribution is 0.493. The Hall–Kier alpha value is -3.53. The van der Waals surface area contributed by atoms with Crippen LogP contribution in [0, 0.1) is 0 Å². The van der Waals surface area contributed by atoms with Crippen LogP contribution in [0.1, 0.15) is 0 Å². The molecule has 0 amide bonds. The van der Waals surface area contributed by atoms with Crippen molar-refractivity contribution < 1.29 is 16.8 Å². The van der Waals surface area contributed by atoms with Crippen LogP contribution in [0.5, 0.6) is 0 Å². The van der Waals surface area contributed by atoms with Gasteiger partial charge < -0.3 is 11.1 Å². The molecule has 5 rings (SSSR count). The molecular formula is C18H17N9O4S2. The Morgan fingerprint density at radius 2 is 1.82 bits per heavy atom. The summed E-state index contributed by atoms with van der Waals surface area (Å²) in [5.41, 5.74) is 6.95.